The van der Waals surface area contributed by atoms with Crippen molar-refractivity contribution in [2.24, 2.45) is 0 Å². The third kappa shape index (κ3) is 4.24. The second-order valence-corrected chi connectivity index (χ2v) is 8.98. The van der Waals surface area contributed by atoms with E-state index >= 15 is 0 Å². The molecule has 4 aromatic rings. The standard InChI is InChI=1S/C22H17BrN4O2S/c23-14-5-3-4-13(10-14)22-27-26-19(29-22)12-30-20-11-17(21(28)24-15-8-9-15)16-6-1-2-7-18(16)25-20/h1-7,10-11,15H,8-9,12H2,(H,24,28). The minimum absolute atomic E-state index is 0.0484. The number of halogens is 1. The van der Waals surface area contributed by atoms with E-state index in [-0.39, 0.29) is 5.91 Å². The number of amides is 1. The zero-order valence-corrected chi connectivity index (χ0v) is 18.2. The number of thioether (sulfide) groups is 1. The van der Waals surface area contributed by atoms with E-state index in [1.165, 1.54) is 11.8 Å². The Morgan fingerprint density at radius 3 is 2.83 bits per heavy atom. The van der Waals surface area contributed by atoms with Crippen molar-refractivity contribution in [3.8, 4) is 11.5 Å². The lowest BCUT2D eigenvalue weighted by molar-refractivity contribution is 0.0952. The van der Waals surface area contributed by atoms with Crippen LogP contribution < -0.4 is 5.32 Å². The third-order valence-corrected chi connectivity index (χ3v) is 6.12. The van der Waals surface area contributed by atoms with Gasteiger partial charge >= 0.3 is 0 Å². The van der Waals surface area contributed by atoms with E-state index in [0.717, 1.165) is 38.8 Å². The molecule has 1 N–H and O–H groups in total. The lowest BCUT2D eigenvalue weighted by atomic mass is 10.1. The first-order chi connectivity index (χ1) is 14.7. The summed E-state index contributed by atoms with van der Waals surface area (Å²) in [7, 11) is 0. The quantitative estimate of drug-likeness (QED) is 0.380. The van der Waals surface area contributed by atoms with Crippen molar-refractivity contribution in [2.75, 3.05) is 0 Å². The van der Waals surface area contributed by atoms with Crippen LogP contribution in [0.25, 0.3) is 22.4 Å². The molecule has 0 aliphatic heterocycles. The molecule has 0 spiro atoms. The van der Waals surface area contributed by atoms with E-state index in [0.29, 0.717) is 29.1 Å². The van der Waals surface area contributed by atoms with E-state index in [1.54, 1.807) is 0 Å². The number of carbonyl (C=O) groups is 1. The van der Waals surface area contributed by atoms with Gasteiger partial charge in [0, 0.05) is 21.5 Å². The molecule has 5 rings (SSSR count). The number of hydrogen-bond donors (Lipinski definition) is 1. The van der Waals surface area contributed by atoms with Crippen LogP contribution in [0.5, 0.6) is 0 Å². The van der Waals surface area contributed by atoms with E-state index < -0.39 is 0 Å². The third-order valence-electron chi connectivity index (χ3n) is 4.73. The van der Waals surface area contributed by atoms with Gasteiger partial charge in [0.05, 0.1) is 21.9 Å². The predicted molar refractivity (Wildman–Crippen MR) is 119 cm³/mol. The molecule has 0 radical (unpaired) electrons. The minimum atomic E-state index is -0.0484. The minimum Gasteiger partial charge on any atom is -0.420 e. The second-order valence-electron chi connectivity index (χ2n) is 7.07. The van der Waals surface area contributed by atoms with E-state index in [4.69, 9.17) is 9.40 Å². The summed E-state index contributed by atoms with van der Waals surface area (Å²) in [6.07, 6.45) is 2.10. The van der Waals surface area contributed by atoms with Crippen LogP contribution in [0.3, 0.4) is 0 Å². The number of rotatable bonds is 6. The van der Waals surface area contributed by atoms with Crippen molar-refractivity contribution in [1.82, 2.24) is 20.5 Å². The van der Waals surface area contributed by atoms with Gasteiger partial charge in [0.25, 0.3) is 5.91 Å². The van der Waals surface area contributed by atoms with Gasteiger partial charge in [-0.3, -0.25) is 4.79 Å². The second kappa shape index (κ2) is 8.20. The Bertz CT molecular complexity index is 1240. The number of pyridine rings is 1. The van der Waals surface area contributed by atoms with Gasteiger partial charge in [0.1, 0.15) is 0 Å². The molecular formula is C22H17BrN4O2S. The van der Waals surface area contributed by atoms with Crippen molar-refractivity contribution in [3.05, 3.63) is 70.5 Å². The van der Waals surface area contributed by atoms with Gasteiger partial charge in [-0.15, -0.1) is 10.2 Å². The first-order valence-corrected chi connectivity index (χ1v) is 11.4. The number of nitrogens with zero attached hydrogens (tertiary/aromatic N) is 3. The van der Waals surface area contributed by atoms with Crippen LogP contribution in [0.15, 0.2) is 68.5 Å². The van der Waals surface area contributed by atoms with Crippen LogP contribution in [0, 0.1) is 0 Å². The molecule has 2 heterocycles. The van der Waals surface area contributed by atoms with Crippen LogP contribution in [0.4, 0.5) is 0 Å². The van der Waals surface area contributed by atoms with Gasteiger partial charge in [0.2, 0.25) is 11.8 Å². The molecule has 0 bridgehead atoms. The zero-order chi connectivity index (χ0) is 20.5. The maximum atomic E-state index is 12.7. The summed E-state index contributed by atoms with van der Waals surface area (Å²) in [6, 6.07) is 17.6. The van der Waals surface area contributed by atoms with Gasteiger partial charge in [-0.1, -0.05) is 52.0 Å². The van der Waals surface area contributed by atoms with E-state index in [9.17, 15) is 4.79 Å². The van der Waals surface area contributed by atoms with Crippen LogP contribution in [0.2, 0.25) is 0 Å². The number of nitrogens with one attached hydrogen (secondary N) is 1. The topological polar surface area (TPSA) is 80.9 Å². The maximum Gasteiger partial charge on any atom is 0.252 e. The smallest absolute Gasteiger partial charge is 0.252 e. The Kier molecular flexibility index (Phi) is 5.26. The number of fused-ring (bicyclic) bond motifs is 1. The predicted octanol–water partition coefficient (Wildman–Crippen LogP) is 5.23. The molecule has 1 fully saturated rings. The zero-order valence-electron chi connectivity index (χ0n) is 15.8. The van der Waals surface area contributed by atoms with Crippen molar-refractivity contribution in [2.45, 2.75) is 29.7 Å². The Balaban J connectivity index is 1.37. The highest BCUT2D eigenvalue weighted by atomic mass is 79.9. The Labute approximate surface area is 185 Å². The Morgan fingerprint density at radius 1 is 1.13 bits per heavy atom. The highest BCUT2D eigenvalue weighted by Gasteiger charge is 2.25. The lowest BCUT2D eigenvalue weighted by Gasteiger charge is -2.09. The van der Waals surface area contributed by atoms with Crippen LogP contribution >= 0.6 is 27.7 Å². The summed E-state index contributed by atoms with van der Waals surface area (Å²) >= 11 is 4.92. The molecule has 8 heteroatoms. The molecule has 2 aromatic heterocycles. The van der Waals surface area contributed by atoms with E-state index in [1.807, 2.05) is 54.6 Å². The lowest BCUT2D eigenvalue weighted by Crippen LogP contribution is -2.25. The number of hydrogen-bond acceptors (Lipinski definition) is 6. The van der Waals surface area contributed by atoms with Gasteiger partial charge in [-0.25, -0.2) is 4.98 Å². The van der Waals surface area contributed by atoms with Crippen LogP contribution in [-0.4, -0.2) is 27.1 Å². The molecular weight excluding hydrogens is 464 g/mol. The molecule has 0 atom stereocenters. The maximum absolute atomic E-state index is 12.7. The van der Waals surface area contributed by atoms with Crippen molar-refractivity contribution in [1.29, 1.82) is 0 Å². The number of benzene rings is 2. The highest BCUT2D eigenvalue weighted by Crippen LogP contribution is 2.29. The molecule has 1 aliphatic rings. The van der Waals surface area contributed by atoms with Crippen molar-refractivity contribution >= 4 is 44.5 Å². The summed E-state index contributed by atoms with van der Waals surface area (Å²) in [6.45, 7) is 0. The monoisotopic (exact) mass is 480 g/mol. The molecule has 30 heavy (non-hydrogen) atoms. The van der Waals surface area contributed by atoms with Crippen LogP contribution in [0.1, 0.15) is 29.1 Å². The Hall–Kier alpha value is -2.71. The molecule has 1 saturated carbocycles. The van der Waals surface area contributed by atoms with Gasteiger partial charge in [-0.2, -0.15) is 0 Å². The average Bonchev–Trinajstić information content (AvgIpc) is 3.44. The van der Waals surface area contributed by atoms with Gasteiger partial charge < -0.3 is 9.73 Å². The summed E-state index contributed by atoms with van der Waals surface area (Å²) in [5.41, 5.74) is 2.30. The largest absolute Gasteiger partial charge is 0.420 e. The summed E-state index contributed by atoms with van der Waals surface area (Å²) < 4.78 is 6.75. The molecule has 2 aromatic carbocycles. The summed E-state index contributed by atoms with van der Waals surface area (Å²) in [4.78, 5) is 17.4. The molecule has 1 amide bonds. The fourth-order valence-electron chi connectivity index (χ4n) is 3.09. The molecule has 150 valence electrons. The Morgan fingerprint density at radius 2 is 2.00 bits per heavy atom. The molecule has 6 nitrogen and oxygen atoms in total. The number of para-hydroxylation sites is 1. The molecule has 1 aliphatic carbocycles. The average molecular weight is 481 g/mol. The SMILES string of the molecule is O=C(NC1CC1)c1cc(SCc2nnc(-c3cccc(Br)c3)o2)nc2ccccc12. The first-order valence-electron chi connectivity index (χ1n) is 9.57. The highest BCUT2D eigenvalue weighted by molar-refractivity contribution is 9.10. The van der Waals surface area contributed by atoms with Crippen molar-refractivity contribution < 1.29 is 9.21 Å². The van der Waals surface area contributed by atoms with Crippen molar-refractivity contribution in [3.63, 3.8) is 0 Å². The molecule has 0 saturated heterocycles. The first kappa shape index (κ1) is 19.3. The summed E-state index contributed by atoms with van der Waals surface area (Å²) in [5.74, 6) is 1.40. The van der Waals surface area contributed by atoms with E-state index in [2.05, 4.69) is 31.4 Å². The fraction of sp³-hybridized carbons (Fsp3) is 0.182. The van der Waals surface area contributed by atoms with Gasteiger partial charge in [-0.05, 0) is 43.2 Å². The number of aromatic nitrogens is 3. The van der Waals surface area contributed by atoms with Gasteiger partial charge in [0.15, 0.2) is 0 Å². The van der Waals surface area contributed by atoms with Crippen LogP contribution in [-0.2, 0) is 5.75 Å². The summed E-state index contributed by atoms with van der Waals surface area (Å²) in [5, 5.41) is 13.0. The fourth-order valence-corrected chi connectivity index (χ4v) is 4.24. The molecule has 0 unspecified atom stereocenters. The normalized spacial score (nSPS) is 13.5. The number of carbonyl (C=O) groups excluding carboxylic acids is 1.